The van der Waals surface area contributed by atoms with Crippen molar-refractivity contribution in [1.29, 1.82) is 0 Å². The maximum absolute atomic E-state index is 12.5. The van der Waals surface area contributed by atoms with Gasteiger partial charge in [-0.3, -0.25) is 10.1 Å². The average Bonchev–Trinajstić information content (AvgIpc) is 2.63. The van der Waals surface area contributed by atoms with Crippen LogP contribution < -0.4 is 10.6 Å². The van der Waals surface area contributed by atoms with Crippen LogP contribution in [0.15, 0.2) is 54.6 Å². The van der Waals surface area contributed by atoms with Crippen molar-refractivity contribution in [3.63, 3.8) is 0 Å². The van der Waals surface area contributed by atoms with Gasteiger partial charge in [0, 0.05) is 23.7 Å². The van der Waals surface area contributed by atoms with Crippen LogP contribution in [0.1, 0.15) is 41.6 Å². The maximum atomic E-state index is 12.5. The molecule has 2 aromatic rings. The maximum Gasteiger partial charge on any atom is 0.411 e. The molecule has 5 heteroatoms. The third kappa shape index (κ3) is 4.85. The Labute approximate surface area is 153 Å². The number of hydrogen-bond donors (Lipinski definition) is 2. The van der Waals surface area contributed by atoms with E-state index in [1.165, 1.54) is 0 Å². The summed E-state index contributed by atoms with van der Waals surface area (Å²) in [5, 5.41) is 5.81. The fourth-order valence-electron chi connectivity index (χ4n) is 3.29. The molecule has 0 aliphatic heterocycles. The molecule has 3 rings (SSSR count). The molecule has 2 aromatic carbocycles. The van der Waals surface area contributed by atoms with Gasteiger partial charge in [0.25, 0.3) is 5.91 Å². The summed E-state index contributed by atoms with van der Waals surface area (Å²) in [5.74, 6) is -0.0671. The molecule has 1 fully saturated rings. The highest BCUT2D eigenvalue weighted by atomic mass is 16.6. The number of ether oxygens (including phenoxy) is 1. The normalized spacial score (nSPS) is 19.4. The average molecular weight is 352 g/mol. The van der Waals surface area contributed by atoms with E-state index in [0.717, 1.165) is 24.8 Å². The lowest BCUT2D eigenvalue weighted by molar-refractivity contribution is 0.0712. The van der Waals surface area contributed by atoms with Gasteiger partial charge >= 0.3 is 6.09 Å². The summed E-state index contributed by atoms with van der Waals surface area (Å²) < 4.78 is 5.54. The van der Waals surface area contributed by atoms with Gasteiger partial charge < -0.3 is 10.1 Å². The van der Waals surface area contributed by atoms with Crippen molar-refractivity contribution >= 4 is 17.7 Å². The van der Waals surface area contributed by atoms with Gasteiger partial charge in [-0.25, -0.2) is 4.79 Å². The Hall–Kier alpha value is -2.82. The first-order chi connectivity index (χ1) is 12.6. The standard InChI is InChI=1S/C21H24N2O3/c1-15-8-5-6-13-19(15)20(24)22-17-11-7-12-18(14-17)26-21(25)23-16-9-3-2-4-10-16/h2-6,8-10,13,17-18H,7,11-12,14H2,1H3,(H,22,24)(H,23,25)/t17-,18+/m0/s1. The first-order valence-electron chi connectivity index (χ1n) is 9.01. The highest BCUT2D eigenvalue weighted by molar-refractivity contribution is 5.95. The largest absolute Gasteiger partial charge is 0.446 e. The topological polar surface area (TPSA) is 67.4 Å². The van der Waals surface area contributed by atoms with Crippen molar-refractivity contribution in [3.8, 4) is 0 Å². The highest BCUT2D eigenvalue weighted by Gasteiger charge is 2.26. The molecule has 1 saturated carbocycles. The molecule has 0 unspecified atom stereocenters. The Bertz CT molecular complexity index is 761. The number of benzene rings is 2. The Kier molecular flexibility index (Phi) is 5.89. The molecule has 0 aromatic heterocycles. The Morgan fingerprint density at radius 2 is 1.73 bits per heavy atom. The molecule has 0 saturated heterocycles. The molecule has 0 bridgehead atoms. The van der Waals surface area contributed by atoms with E-state index < -0.39 is 6.09 Å². The van der Waals surface area contributed by atoms with Gasteiger partial charge in [-0.2, -0.15) is 0 Å². The van der Waals surface area contributed by atoms with Crippen LogP contribution >= 0.6 is 0 Å². The Balaban J connectivity index is 1.52. The molecule has 5 nitrogen and oxygen atoms in total. The Morgan fingerprint density at radius 3 is 2.50 bits per heavy atom. The third-order valence-electron chi connectivity index (χ3n) is 4.64. The van der Waals surface area contributed by atoms with Crippen LogP contribution in [0.25, 0.3) is 0 Å². The summed E-state index contributed by atoms with van der Waals surface area (Å²) >= 11 is 0. The first-order valence-corrected chi connectivity index (χ1v) is 9.01. The fraction of sp³-hybridized carbons (Fsp3) is 0.333. The third-order valence-corrected chi connectivity index (χ3v) is 4.64. The molecule has 0 heterocycles. The molecule has 136 valence electrons. The number of nitrogens with one attached hydrogen (secondary N) is 2. The van der Waals surface area contributed by atoms with E-state index in [9.17, 15) is 9.59 Å². The molecule has 1 aliphatic carbocycles. The minimum Gasteiger partial charge on any atom is -0.446 e. The molecule has 2 atom stereocenters. The van der Waals surface area contributed by atoms with Crippen molar-refractivity contribution < 1.29 is 14.3 Å². The smallest absolute Gasteiger partial charge is 0.411 e. The molecule has 2 amide bonds. The van der Waals surface area contributed by atoms with Crippen LogP contribution in [0.3, 0.4) is 0 Å². The predicted octanol–water partition coefficient (Wildman–Crippen LogP) is 4.28. The number of rotatable bonds is 4. The number of carbonyl (C=O) groups is 2. The van der Waals surface area contributed by atoms with Gasteiger partial charge in [0.1, 0.15) is 6.10 Å². The lowest BCUT2D eigenvalue weighted by atomic mass is 9.92. The minimum absolute atomic E-state index is 0.0189. The van der Waals surface area contributed by atoms with Crippen molar-refractivity contribution in [2.75, 3.05) is 5.32 Å². The van der Waals surface area contributed by atoms with Gasteiger partial charge in [-0.05, 0) is 49.9 Å². The number of amides is 2. The van der Waals surface area contributed by atoms with Crippen LogP contribution in [0.2, 0.25) is 0 Å². The van der Waals surface area contributed by atoms with E-state index in [0.29, 0.717) is 17.7 Å². The lowest BCUT2D eigenvalue weighted by Crippen LogP contribution is -2.41. The summed E-state index contributed by atoms with van der Waals surface area (Å²) in [7, 11) is 0. The second-order valence-corrected chi connectivity index (χ2v) is 6.67. The van der Waals surface area contributed by atoms with Gasteiger partial charge in [0.05, 0.1) is 0 Å². The number of aryl methyl sites for hydroxylation is 1. The number of para-hydroxylation sites is 1. The van der Waals surface area contributed by atoms with Gasteiger partial charge in [-0.1, -0.05) is 36.4 Å². The predicted molar refractivity (Wildman–Crippen MR) is 101 cm³/mol. The van der Waals surface area contributed by atoms with Gasteiger partial charge in [0.2, 0.25) is 0 Å². The van der Waals surface area contributed by atoms with E-state index in [-0.39, 0.29) is 18.1 Å². The summed E-state index contributed by atoms with van der Waals surface area (Å²) in [4.78, 5) is 24.5. The molecule has 0 spiro atoms. The van der Waals surface area contributed by atoms with Crippen LogP contribution in [-0.2, 0) is 4.74 Å². The molecule has 0 radical (unpaired) electrons. The van der Waals surface area contributed by atoms with Crippen LogP contribution in [0.4, 0.5) is 10.5 Å². The zero-order chi connectivity index (χ0) is 18.4. The summed E-state index contributed by atoms with van der Waals surface area (Å²) in [5.41, 5.74) is 2.35. The number of hydrogen-bond acceptors (Lipinski definition) is 3. The SMILES string of the molecule is Cc1ccccc1C(=O)N[C@H]1CCC[C@@H](OC(=O)Nc2ccccc2)C1. The highest BCUT2D eigenvalue weighted by Crippen LogP contribution is 2.22. The van der Waals surface area contributed by atoms with Crippen LogP contribution in [0, 0.1) is 6.92 Å². The van der Waals surface area contributed by atoms with Crippen molar-refractivity contribution in [2.45, 2.75) is 44.8 Å². The quantitative estimate of drug-likeness (QED) is 0.863. The summed E-state index contributed by atoms with van der Waals surface area (Å²) in [6.07, 6.45) is 2.64. The van der Waals surface area contributed by atoms with E-state index >= 15 is 0 Å². The van der Waals surface area contributed by atoms with E-state index in [1.54, 1.807) is 0 Å². The van der Waals surface area contributed by atoms with Crippen molar-refractivity contribution in [2.24, 2.45) is 0 Å². The summed E-state index contributed by atoms with van der Waals surface area (Å²) in [6.45, 7) is 1.93. The minimum atomic E-state index is -0.452. The van der Waals surface area contributed by atoms with Crippen LogP contribution in [-0.4, -0.2) is 24.1 Å². The van der Waals surface area contributed by atoms with Crippen LogP contribution in [0.5, 0.6) is 0 Å². The first kappa shape index (κ1) is 18.0. The second-order valence-electron chi connectivity index (χ2n) is 6.67. The summed E-state index contributed by atoms with van der Waals surface area (Å²) in [6, 6.07) is 16.8. The number of carbonyl (C=O) groups excluding carboxylic acids is 2. The second kappa shape index (κ2) is 8.52. The van der Waals surface area contributed by atoms with Crippen molar-refractivity contribution in [3.05, 3.63) is 65.7 Å². The van der Waals surface area contributed by atoms with E-state index in [1.807, 2.05) is 61.5 Å². The molecular formula is C21H24N2O3. The fourth-order valence-corrected chi connectivity index (χ4v) is 3.29. The molecule has 1 aliphatic rings. The zero-order valence-electron chi connectivity index (χ0n) is 14.9. The Morgan fingerprint density at radius 1 is 1.00 bits per heavy atom. The lowest BCUT2D eigenvalue weighted by Gasteiger charge is -2.29. The molecule has 2 N–H and O–H groups in total. The van der Waals surface area contributed by atoms with E-state index in [4.69, 9.17) is 4.74 Å². The van der Waals surface area contributed by atoms with Gasteiger partial charge in [-0.15, -0.1) is 0 Å². The zero-order valence-corrected chi connectivity index (χ0v) is 14.9. The number of anilines is 1. The van der Waals surface area contributed by atoms with Gasteiger partial charge in [0.15, 0.2) is 0 Å². The van der Waals surface area contributed by atoms with Crippen molar-refractivity contribution in [1.82, 2.24) is 5.32 Å². The monoisotopic (exact) mass is 352 g/mol. The van der Waals surface area contributed by atoms with E-state index in [2.05, 4.69) is 10.6 Å². The molecule has 26 heavy (non-hydrogen) atoms. The molecular weight excluding hydrogens is 328 g/mol.